The van der Waals surface area contributed by atoms with E-state index in [9.17, 15) is 0 Å². The Morgan fingerprint density at radius 3 is 0.822 bits per heavy atom. The van der Waals surface area contributed by atoms with Gasteiger partial charge >= 0.3 is 0 Å². The monoisotopic (exact) mass is 1300 g/mol. The molecule has 0 bridgehead atoms. The molecule has 0 saturated carbocycles. The predicted molar refractivity (Wildman–Crippen MR) is 421 cm³/mol. The van der Waals surface area contributed by atoms with Crippen molar-refractivity contribution < 1.29 is 0 Å². The van der Waals surface area contributed by atoms with Crippen LogP contribution in [0.3, 0.4) is 0 Å². The third-order valence-electron chi connectivity index (χ3n) is 21.2. The molecule has 0 spiro atoms. The second-order valence-electron chi connectivity index (χ2n) is 26.5. The lowest BCUT2D eigenvalue weighted by Gasteiger charge is -2.35. The van der Waals surface area contributed by atoms with Crippen molar-refractivity contribution in [1.29, 1.82) is 0 Å². The van der Waals surface area contributed by atoms with Gasteiger partial charge < -0.3 is 9.80 Å². The Bertz CT molecular complexity index is 5360. The summed E-state index contributed by atoms with van der Waals surface area (Å²) in [6, 6.07) is 152. The number of nitrogens with zero attached hydrogens (tertiary/aromatic N) is 2. The van der Waals surface area contributed by atoms with Gasteiger partial charge in [0.25, 0.3) is 0 Å². The second-order valence-corrected chi connectivity index (χ2v) is 28.4. The fourth-order valence-corrected chi connectivity index (χ4v) is 19.5. The molecule has 3 aliphatic rings. The highest BCUT2D eigenvalue weighted by Gasteiger charge is 2.49. The molecular formula is C98H67N2S+. The molecule has 19 rings (SSSR count). The largest absolute Gasteiger partial charge is 0.310 e. The molecule has 16 aromatic carbocycles. The topological polar surface area (TPSA) is 6.48 Å². The van der Waals surface area contributed by atoms with E-state index in [1.54, 1.807) is 0 Å². The van der Waals surface area contributed by atoms with Gasteiger partial charge in [-0.1, -0.05) is 322 Å². The molecule has 0 radical (unpaired) electrons. The molecular weight excluding hydrogens is 1240 g/mol. The quantitative estimate of drug-likeness (QED) is 0.106. The molecule has 474 valence electrons. The van der Waals surface area contributed by atoms with Crippen molar-refractivity contribution in [3.05, 3.63) is 451 Å². The zero-order valence-corrected chi connectivity index (χ0v) is 56.3. The van der Waals surface area contributed by atoms with Crippen LogP contribution in [0.2, 0.25) is 0 Å². The van der Waals surface area contributed by atoms with Crippen LogP contribution in [0.15, 0.2) is 421 Å². The van der Waals surface area contributed by atoms with Crippen molar-refractivity contribution in [3.8, 4) is 66.8 Å². The molecule has 2 nitrogen and oxygen atoms in total. The molecule has 1 heterocycles. The fraction of sp³-hybridized carbons (Fsp3) is 0.0204. The first-order valence-corrected chi connectivity index (χ1v) is 36.1. The van der Waals surface area contributed by atoms with Gasteiger partial charge in [0.05, 0.1) is 33.6 Å². The predicted octanol–water partition coefficient (Wildman–Crippen LogP) is 25.4. The molecule has 0 N–H and O–H groups in total. The van der Waals surface area contributed by atoms with E-state index in [2.05, 4.69) is 416 Å². The summed E-state index contributed by atoms with van der Waals surface area (Å²) >= 11 is 0. The summed E-state index contributed by atoms with van der Waals surface area (Å²) in [6.07, 6.45) is 0. The van der Waals surface area contributed by atoms with Crippen LogP contribution in [0.1, 0.15) is 44.5 Å². The molecule has 3 heteroatoms. The summed E-state index contributed by atoms with van der Waals surface area (Å²) in [5, 5.41) is 0. The highest BCUT2D eigenvalue weighted by atomic mass is 32.2. The number of fused-ring (bicyclic) bond motifs is 11. The van der Waals surface area contributed by atoms with Gasteiger partial charge in [-0.25, -0.2) is 0 Å². The molecule has 0 unspecified atom stereocenters. The molecule has 0 saturated heterocycles. The van der Waals surface area contributed by atoms with Gasteiger partial charge in [-0.15, -0.1) is 0 Å². The third-order valence-corrected chi connectivity index (χ3v) is 23.5. The van der Waals surface area contributed by atoms with Crippen molar-refractivity contribution >= 4 is 45.0 Å². The zero-order valence-electron chi connectivity index (χ0n) is 55.5. The average Bonchev–Trinajstić information content (AvgIpc) is 1.55. The van der Waals surface area contributed by atoms with Crippen molar-refractivity contribution in [3.63, 3.8) is 0 Å². The van der Waals surface area contributed by atoms with E-state index < -0.39 is 21.7 Å². The molecule has 1 aliphatic heterocycles. The minimum atomic E-state index is -0.695. The summed E-state index contributed by atoms with van der Waals surface area (Å²) in [6.45, 7) is 0. The molecule has 0 atom stereocenters. The standard InChI is InChI=1S/C98H67N2S/c1-8-32-68(33-9-1)79-46-26-30-54-93(79)99(74-56-60-85-83-50-24-28-52-89(83)97(91(85)64-74,70-36-12-3-13-37-70)71-38-14-4-15-39-71)76-58-62-87-81-48-22-23-49-82(81)88-63-59-77(67-96(88)101(95(87)66-76)78-44-20-7-21-45-78)100(94-55-31-27-47-80(94)69-34-10-2-11-35-69)75-57-61-86-84-51-25-29-53-90(84)98(92(86)65-75,72-40-16-5-17-41-72)73-42-18-6-19-43-73/h1-67H/q+1. The van der Waals surface area contributed by atoms with E-state index in [-0.39, 0.29) is 0 Å². The van der Waals surface area contributed by atoms with E-state index >= 15 is 0 Å². The van der Waals surface area contributed by atoms with Gasteiger partial charge in [0.2, 0.25) is 0 Å². The lowest BCUT2D eigenvalue weighted by atomic mass is 9.67. The number of hydrogen-bond acceptors (Lipinski definition) is 2. The summed E-state index contributed by atoms with van der Waals surface area (Å²) in [5.74, 6) is 0. The number of rotatable bonds is 13. The van der Waals surface area contributed by atoms with Gasteiger partial charge in [-0.2, -0.15) is 0 Å². The number of para-hydroxylation sites is 2. The Morgan fingerprint density at radius 2 is 0.455 bits per heavy atom. The van der Waals surface area contributed by atoms with E-state index in [1.165, 1.54) is 104 Å². The highest BCUT2D eigenvalue weighted by Crippen LogP contribution is 2.61. The van der Waals surface area contributed by atoms with E-state index in [0.717, 1.165) is 56.4 Å². The maximum Gasteiger partial charge on any atom is 0.176 e. The second kappa shape index (κ2) is 24.8. The summed E-state index contributed by atoms with van der Waals surface area (Å²) in [5.41, 5.74) is 29.6. The SMILES string of the molecule is c1ccc(-c2ccccc2N(c2ccc3c(c2)[S+](c2ccccc2)c2cc(N(c4ccc5c(c4)C(c4ccccc4)(c4ccccc4)c4ccccc4-5)c4ccccc4-c4ccccc4)ccc2-c2ccccc2-3)c2ccc3c(c2)C(c2ccccc2)(c2ccccc2)c2ccccc2-3)cc1. The lowest BCUT2D eigenvalue weighted by Crippen LogP contribution is -2.28. The first-order chi connectivity index (χ1) is 50.1. The van der Waals surface area contributed by atoms with Crippen LogP contribution in [0.5, 0.6) is 0 Å². The normalized spacial score (nSPS) is 13.3. The van der Waals surface area contributed by atoms with E-state index in [0.29, 0.717) is 0 Å². The van der Waals surface area contributed by atoms with Crippen molar-refractivity contribution in [2.45, 2.75) is 25.5 Å². The molecule has 0 fully saturated rings. The first kappa shape index (κ1) is 59.7. The van der Waals surface area contributed by atoms with Gasteiger partial charge in [-0.05, 0) is 162 Å². The van der Waals surface area contributed by atoms with Gasteiger partial charge in [-0.3, -0.25) is 0 Å². The summed E-state index contributed by atoms with van der Waals surface area (Å²) in [4.78, 5) is 8.83. The average molecular weight is 1300 g/mol. The lowest BCUT2D eigenvalue weighted by molar-refractivity contribution is 0.768. The minimum Gasteiger partial charge on any atom is -0.310 e. The van der Waals surface area contributed by atoms with Crippen LogP contribution in [0, 0.1) is 0 Å². The number of anilines is 6. The smallest absolute Gasteiger partial charge is 0.176 e. The van der Waals surface area contributed by atoms with Crippen LogP contribution < -0.4 is 9.80 Å². The van der Waals surface area contributed by atoms with Crippen LogP contribution in [-0.4, -0.2) is 0 Å². The minimum absolute atomic E-state index is 0.610. The van der Waals surface area contributed by atoms with Crippen LogP contribution in [-0.2, 0) is 21.7 Å². The molecule has 101 heavy (non-hydrogen) atoms. The first-order valence-electron chi connectivity index (χ1n) is 34.9. The van der Waals surface area contributed by atoms with Crippen LogP contribution >= 0.6 is 0 Å². The van der Waals surface area contributed by atoms with Crippen LogP contribution in [0.4, 0.5) is 34.1 Å². The Kier molecular flexibility index (Phi) is 14.6. The Hall–Kier alpha value is -12.5. The van der Waals surface area contributed by atoms with Gasteiger partial charge in [0, 0.05) is 45.8 Å². The Morgan fingerprint density at radius 1 is 0.188 bits per heavy atom. The Labute approximate surface area is 594 Å². The molecule has 16 aromatic rings. The molecule has 0 aromatic heterocycles. The highest BCUT2D eigenvalue weighted by molar-refractivity contribution is 7.97. The van der Waals surface area contributed by atoms with Gasteiger partial charge in [0.1, 0.15) is 10.9 Å². The summed E-state index contributed by atoms with van der Waals surface area (Å²) in [7, 11) is -0.695. The molecule has 0 amide bonds. The molecule has 2 aliphatic carbocycles. The zero-order chi connectivity index (χ0) is 66.9. The van der Waals surface area contributed by atoms with E-state index in [1.807, 2.05) is 0 Å². The number of benzene rings is 16. The fourth-order valence-electron chi connectivity index (χ4n) is 17.0. The summed E-state index contributed by atoms with van der Waals surface area (Å²) < 4.78 is 0. The number of hydrogen-bond donors (Lipinski definition) is 0. The van der Waals surface area contributed by atoms with E-state index in [4.69, 9.17) is 0 Å². The van der Waals surface area contributed by atoms with Gasteiger partial charge in [0.15, 0.2) is 14.7 Å². The maximum atomic E-state index is 2.55. The third kappa shape index (κ3) is 9.56. The van der Waals surface area contributed by atoms with Crippen molar-refractivity contribution in [2.24, 2.45) is 0 Å². The van der Waals surface area contributed by atoms with Crippen molar-refractivity contribution in [1.82, 2.24) is 0 Å². The van der Waals surface area contributed by atoms with Crippen molar-refractivity contribution in [2.75, 3.05) is 9.80 Å². The maximum absolute atomic E-state index is 2.55. The Balaban J connectivity index is 0.860. The van der Waals surface area contributed by atoms with Crippen LogP contribution in [0.25, 0.3) is 66.8 Å².